The average molecular weight is 236 g/mol. The normalized spacial score (nSPS) is 11.9. The molecule has 0 aliphatic heterocycles. The van der Waals surface area contributed by atoms with E-state index in [0.717, 1.165) is 11.3 Å². The second-order valence-corrected chi connectivity index (χ2v) is 3.78. The maximum atomic E-state index is 11.1. The number of amides is 1. The molecule has 4 nitrogen and oxygen atoms in total. The van der Waals surface area contributed by atoms with Crippen molar-refractivity contribution in [2.24, 2.45) is 0 Å². The van der Waals surface area contributed by atoms with Crippen molar-refractivity contribution in [3.05, 3.63) is 29.8 Å². The van der Waals surface area contributed by atoms with E-state index in [4.69, 9.17) is 4.74 Å². The van der Waals surface area contributed by atoms with Gasteiger partial charge in [0.25, 0.3) is 0 Å². The van der Waals surface area contributed by atoms with Crippen molar-refractivity contribution in [2.45, 2.75) is 19.9 Å². The number of nitrogens with one attached hydrogen (secondary N) is 2. The lowest BCUT2D eigenvalue weighted by Crippen LogP contribution is -2.32. The standard InChI is InChI=1S/C13H20N2O2/c1-4-17-12-7-5-11(6-8-12)10(2)15-9-13(16)14-3/h5-8,10,15H,4,9H2,1-3H3,(H,14,16). The summed E-state index contributed by atoms with van der Waals surface area (Å²) in [6, 6.07) is 8.04. The van der Waals surface area contributed by atoms with Crippen LogP contribution in [0.1, 0.15) is 25.5 Å². The Morgan fingerprint density at radius 1 is 1.35 bits per heavy atom. The predicted molar refractivity (Wildman–Crippen MR) is 68.1 cm³/mol. The molecule has 0 spiro atoms. The second kappa shape index (κ2) is 6.91. The van der Waals surface area contributed by atoms with Crippen LogP contribution in [0.4, 0.5) is 0 Å². The number of carbonyl (C=O) groups is 1. The third-order valence-corrected chi connectivity index (χ3v) is 2.54. The van der Waals surface area contributed by atoms with E-state index in [1.807, 2.05) is 38.1 Å². The van der Waals surface area contributed by atoms with Gasteiger partial charge in [0.2, 0.25) is 5.91 Å². The molecule has 4 heteroatoms. The van der Waals surface area contributed by atoms with E-state index in [2.05, 4.69) is 10.6 Å². The van der Waals surface area contributed by atoms with Crippen LogP contribution in [-0.4, -0.2) is 26.1 Å². The Bertz CT molecular complexity index is 349. The van der Waals surface area contributed by atoms with E-state index in [1.54, 1.807) is 7.05 Å². The van der Waals surface area contributed by atoms with E-state index in [-0.39, 0.29) is 11.9 Å². The molecule has 0 fully saturated rings. The summed E-state index contributed by atoms with van der Waals surface area (Å²) in [6.45, 7) is 4.98. The SMILES string of the molecule is CCOc1ccc(C(C)NCC(=O)NC)cc1. The van der Waals surface area contributed by atoms with Crippen molar-refractivity contribution in [1.82, 2.24) is 10.6 Å². The molecule has 0 bridgehead atoms. The molecule has 0 saturated heterocycles. The van der Waals surface area contributed by atoms with E-state index >= 15 is 0 Å². The number of likely N-dealkylation sites (N-methyl/N-ethyl adjacent to an activating group) is 1. The summed E-state index contributed by atoms with van der Waals surface area (Å²) in [5.41, 5.74) is 1.14. The lowest BCUT2D eigenvalue weighted by atomic mass is 10.1. The molecule has 0 aromatic heterocycles. The maximum absolute atomic E-state index is 11.1. The van der Waals surface area contributed by atoms with Crippen LogP contribution < -0.4 is 15.4 Å². The molecule has 1 amide bonds. The molecule has 17 heavy (non-hydrogen) atoms. The van der Waals surface area contributed by atoms with Gasteiger partial charge in [-0.1, -0.05) is 12.1 Å². The smallest absolute Gasteiger partial charge is 0.233 e. The van der Waals surface area contributed by atoms with Crippen molar-refractivity contribution >= 4 is 5.91 Å². The molecule has 2 N–H and O–H groups in total. The van der Waals surface area contributed by atoms with Gasteiger partial charge in [-0.3, -0.25) is 4.79 Å². The molecule has 1 unspecified atom stereocenters. The first-order valence-electron chi connectivity index (χ1n) is 5.84. The molecule has 0 saturated carbocycles. The molecule has 0 aliphatic rings. The van der Waals surface area contributed by atoms with Gasteiger partial charge in [-0.2, -0.15) is 0 Å². The van der Waals surface area contributed by atoms with E-state index in [0.29, 0.717) is 13.2 Å². The number of hydrogen-bond donors (Lipinski definition) is 2. The summed E-state index contributed by atoms with van der Waals surface area (Å²) in [4.78, 5) is 11.1. The van der Waals surface area contributed by atoms with Crippen molar-refractivity contribution < 1.29 is 9.53 Å². The molecular formula is C13H20N2O2. The molecule has 1 aromatic carbocycles. The monoisotopic (exact) mass is 236 g/mol. The van der Waals surface area contributed by atoms with Crippen molar-refractivity contribution in [3.63, 3.8) is 0 Å². The molecule has 0 aliphatic carbocycles. The van der Waals surface area contributed by atoms with Gasteiger partial charge >= 0.3 is 0 Å². The highest BCUT2D eigenvalue weighted by Crippen LogP contribution is 2.17. The fourth-order valence-electron chi connectivity index (χ4n) is 1.47. The molecule has 0 radical (unpaired) electrons. The summed E-state index contributed by atoms with van der Waals surface area (Å²) in [5, 5.41) is 5.72. The van der Waals surface area contributed by atoms with Crippen molar-refractivity contribution in [1.29, 1.82) is 0 Å². The quantitative estimate of drug-likeness (QED) is 0.786. The van der Waals surface area contributed by atoms with Crippen LogP contribution >= 0.6 is 0 Å². The fourth-order valence-corrected chi connectivity index (χ4v) is 1.47. The Kier molecular flexibility index (Phi) is 5.49. The third-order valence-electron chi connectivity index (χ3n) is 2.54. The summed E-state index contributed by atoms with van der Waals surface area (Å²) in [5.74, 6) is 0.859. The number of benzene rings is 1. The number of rotatable bonds is 6. The van der Waals surface area contributed by atoms with Crippen molar-refractivity contribution in [2.75, 3.05) is 20.2 Å². The van der Waals surface area contributed by atoms with Gasteiger partial charge in [0.05, 0.1) is 13.2 Å². The number of ether oxygens (including phenoxy) is 1. The Morgan fingerprint density at radius 3 is 2.53 bits per heavy atom. The van der Waals surface area contributed by atoms with Crippen molar-refractivity contribution in [3.8, 4) is 5.75 Å². The first kappa shape index (κ1) is 13.5. The van der Waals surface area contributed by atoms with Crippen LogP contribution in [-0.2, 0) is 4.79 Å². The third kappa shape index (κ3) is 4.44. The van der Waals surface area contributed by atoms with Crippen LogP contribution in [0.3, 0.4) is 0 Å². The highest BCUT2D eigenvalue weighted by Gasteiger charge is 2.06. The van der Waals surface area contributed by atoms with E-state index in [1.165, 1.54) is 0 Å². The van der Waals surface area contributed by atoms with E-state index in [9.17, 15) is 4.79 Å². The van der Waals surface area contributed by atoms with Gasteiger partial charge in [0, 0.05) is 13.1 Å². The zero-order valence-electron chi connectivity index (χ0n) is 10.6. The fraction of sp³-hybridized carbons (Fsp3) is 0.462. The van der Waals surface area contributed by atoms with Gasteiger partial charge in [-0.05, 0) is 31.5 Å². The highest BCUT2D eigenvalue weighted by molar-refractivity contribution is 5.77. The number of hydrogen-bond acceptors (Lipinski definition) is 3. The maximum Gasteiger partial charge on any atom is 0.233 e. The first-order valence-corrected chi connectivity index (χ1v) is 5.84. The van der Waals surface area contributed by atoms with Gasteiger partial charge in [-0.15, -0.1) is 0 Å². The summed E-state index contributed by atoms with van der Waals surface area (Å²) >= 11 is 0. The largest absolute Gasteiger partial charge is 0.494 e. The van der Waals surface area contributed by atoms with Crippen LogP contribution in [0.5, 0.6) is 5.75 Å². The van der Waals surface area contributed by atoms with Gasteiger partial charge in [0.1, 0.15) is 5.75 Å². The Labute approximate surface area is 102 Å². The van der Waals surface area contributed by atoms with Gasteiger partial charge in [0.15, 0.2) is 0 Å². The Morgan fingerprint density at radius 2 is 2.00 bits per heavy atom. The molecule has 1 rings (SSSR count). The van der Waals surface area contributed by atoms with Crippen LogP contribution in [0, 0.1) is 0 Å². The second-order valence-electron chi connectivity index (χ2n) is 3.78. The minimum Gasteiger partial charge on any atom is -0.494 e. The Hall–Kier alpha value is -1.55. The van der Waals surface area contributed by atoms with Crippen LogP contribution in [0.2, 0.25) is 0 Å². The predicted octanol–water partition coefficient (Wildman–Crippen LogP) is 1.48. The summed E-state index contributed by atoms with van der Waals surface area (Å²) in [7, 11) is 1.63. The molecule has 1 atom stereocenters. The lowest BCUT2D eigenvalue weighted by molar-refractivity contribution is -0.119. The summed E-state index contributed by atoms with van der Waals surface area (Å²) < 4.78 is 5.37. The zero-order chi connectivity index (χ0) is 12.7. The number of carbonyl (C=O) groups excluding carboxylic acids is 1. The molecular weight excluding hydrogens is 216 g/mol. The van der Waals surface area contributed by atoms with E-state index < -0.39 is 0 Å². The summed E-state index contributed by atoms with van der Waals surface area (Å²) in [6.07, 6.45) is 0. The molecule has 1 aromatic rings. The highest BCUT2D eigenvalue weighted by atomic mass is 16.5. The minimum absolute atomic E-state index is 0.0113. The first-order chi connectivity index (χ1) is 8.17. The average Bonchev–Trinajstić information content (AvgIpc) is 2.36. The van der Waals surface area contributed by atoms with Crippen LogP contribution in [0.25, 0.3) is 0 Å². The Balaban J connectivity index is 2.51. The zero-order valence-corrected chi connectivity index (χ0v) is 10.6. The van der Waals surface area contributed by atoms with Gasteiger partial charge in [-0.25, -0.2) is 0 Å². The molecule has 94 valence electrons. The van der Waals surface area contributed by atoms with Gasteiger partial charge < -0.3 is 15.4 Å². The topological polar surface area (TPSA) is 50.4 Å². The lowest BCUT2D eigenvalue weighted by Gasteiger charge is -2.14. The minimum atomic E-state index is -0.0113. The van der Waals surface area contributed by atoms with Crippen LogP contribution in [0.15, 0.2) is 24.3 Å². The molecule has 0 heterocycles.